The van der Waals surface area contributed by atoms with Gasteiger partial charge in [-0.05, 0) is 38.0 Å². The Kier molecular flexibility index (Phi) is 3.78. The molecule has 24 heavy (non-hydrogen) atoms. The van der Waals surface area contributed by atoms with Gasteiger partial charge in [-0.1, -0.05) is 5.16 Å². The van der Waals surface area contributed by atoms with E-state index in [1.54, 1.807) is 31.4 Å². The average molecular weight is 327 g/mol. The topological polar surface area (TPSA) is 90.4 Å². The van der Waals surface area contributed by atoms with Crippen molar-refractivity contribution in [1.29, 1.82) is 0 Å². The van der Waals surface area contributed by atoms with Crippen LogP contribution in [-0.2, 0) is 4.74 Å². The molecule has 0 bridgehead atoms. The fourth-order valence-corrected chi connectivity index (χ4v) is 2.93. The molecule has 0 spiro atoms. The summed E-state index contributed by atoms with van der Waals surface area (Å²) in [7, 11) is 0. The highest BCUT2D eigenvalue weighted by molar-refractivity contribution is 6.07. The molecule has 3 aromatic rings. The maximum Gasteiger partial charge on any atom is 0.259 e. The SMILES string of the molecule is Cc1noc2nc(-c3ccco3)cc(C(=O)NC3CCOCC3)c12. The van der Waals surface area contributed by atoms with Crippen LogP contribution in [0.15, 0.2) is 33.4 Å². The summed E-state index contributed by atoms with van der Waals surface area (Å²) in [6.07, 6.45) is 3.19. The molecule has 1 aliphatic rings. The first kappa shape index (κ1) is 14.9. The van der Waals surface area contributed by atoms with Gasteiger partial charge in [-0.15, -0.1) is 0 Å². The third kappa shape index (κ3) is 2.67. The van der Waals surface area contributed by atoms with Crippen LogP contribution in [0.4, 0.5) is 0 Å². The van der Waals surface area contributed by atoms with E-state index < -0.39 is 0 Å². The predicted octanol–water partition coefficient (Wildman–Crippen LogP) is 2.70. The van der Waals surface area contributed by atoms with Crippen LogP contribution in [-0.4, -0.2) is 35.3 Å². The second-order valence-corrected chi connectivity index (χ2v) is 5.84. The van der Waals surface area contributed by atoms with Crippen molar-refractivity contribution in [3.63, 3.8) is 0 Å². The van der Waals surface area contributed by atoms with Crippen molar-refractivity contribution in [1.82, 2.24) is 15.5 Å². The summed E-state index contributed by atoms with van der Waals surface area (Å²) < 4.78 is 16.0. The molecule has 1 N–H and O–H groups in total. The van der Waals surface area contributed by atoms with Crippen LogP contribution >= 0.6 is 0 Å². The molecular weight excluding hydrogens is 310 g/mol. The van der Waals surface area contributed by atoms with E-state index in [0.29, 0.717) is 47.0 Å². The highest BCUT2D eigenvalue weighted by Crippen LogP contribution is 2.27. The zero-order valence-electron chi connectivity index (χ0n) is 13.2. The summed E-state index contributed by atoms with van der Waals surface area (Å²) in [5.41, 5.74) is 2.01. The van der Waals surface area contributed by atoms with Crippen LogP contribution in [0.25, 0.3) is 22.6 Å². The van der Waals surface area contributed by atoms with E-state index in [0.717, 1.165) is 12.8 Å². The lowest BCUT2D eigenvalue weighted by molar-refractivity contribution is 0.0697. The number of ether oxygens (including phenoxy) is 1. The van der Waals surface area contributed by atoms with Gasteiger partial charge in [0.05, 0.1) is 22.9 Å². The van der Waals surface area contributed by atoms with Crippen molar-refractivity contribution in [2.75, 3.05) is 13.2 Å². The Morgan fingerprint density at radius 3 is 2.92 bits per heavy atom. The minimum Gasteiger partial charge on any atom is -0.463 e. The van der Waals surface area contributed by atoms with Gasteiger partial charge in [0.25, 0.3) is 11.6 Å². The van der Waals surface area contributed by atoms with Gasteiger partial charge in [0.2, 0.25) is 0 Å². The molecule has 7 nitrogen and oxygen atoms in total. The fraction of sp³-hybridized carbons (Fsp3) is 0.353. The lowest BCUT2D eigenvalue weighted by atomic mass is 10.1. The van der Waals surface area contributed by atoms with Gasteiger partial charge in [-0.25, -0.2) is 4.98 Å². The molecule has 7 heteroatoms. The van der Waals surface area contributed by atoms with Crippen LogP contribution in [0.5, 0.6) is 0 Å². The molecule has 0 aromatic carbocycles. The number of rotatable bonds is 3. The first-order valence-electron chi connectivity index (χ1n) is 7.92. The Balaban J connectivity index is 1.74. The molecule has 1 aliphatic heterocycles. The summed E-state index contributed by atoms with van der Waals surface area (Å²) in [4.78, 5) is 17.2. The van der Waals surface area contributed by atoms with E-state index in [2.05, 4.69) is 15.5 Å². The number of fused-ring (bicyclic) bond motifs is 1. The Labute approximate surface area is 138 Å². The van der Waals surface area contributed by atoms with Gasteiger partial charge in [0.1, 0.15) is 5.69 Å². The van der Waals surface area contributed by atoms with Gasteiger partial charge < -0.3 is 19.0 Å². The van der Waals surface area contributed by atoms with Crippen molar-refractivity contribution < 1.29 is 18.5 Å². The zero-order chi connectivity index (χ0) is 16.5. The van der Waals surface area contributed by atoms with Crippen LogP contribution in [0.3, 0.4) is 0 Å². The van der Waals surface area contributed by atoms with Gasteiger partial charge in [0, 0.05) is 19.3 Å². The Hall–Kier alpha value is -2.67. The van der Waals surface area contributed by atoms with E-state index in [1.807, 2.05) is 0 Å². The molecule has 0 atom stereocenters. The molecule has 1 saturated heterocycles. The number of pyridine rings is 1. The minimum absolute atomic E-state index is 0.113. The predicted molar refractivity (Wildman–Crippen MR) is 85.6 cm³/mol. The minimum atomic E-state index is -0.159. The largest absolute Gasteiger partial charge is 0.463 e. The molecule has 0 aliphatic carbocycles. The molecule has 1 fully saturated rings. The van der Waals surface area contributed by atoms with Gasteiger partial charge >= 0.3 is 0 Å². The van der Waals surface area contributed by atoms with E-state index >= 15 is 0 Å². The van der Waals surface area contributed by atoms with E-state index in [-0.39, 0.29) is 11.9 Å². The van der Waals surface area contributed by atoms with E-state index in [9.17, 15) is 4.79 Å². The first-order valence-corrected chi connectivity index (χ1v) is 7.92. The first-order chi connectivity index (χ1) is 11.7. The normalized spacial score (nSPS) is 15.7. The third-order valence-corrected chi connectivity index (χ3v) is 4.19. The lowest BCUT2D eigenvalue weighted by Crippen LogP contribution is -2.39. The molecule has 0 radical (unpaired) electrons. The Bertz CT molecular complexity index is 863. The number of nitrogens with zero attached hydrogens (tertiary/aromatic N) is 2. The quantitative estimate of drug-likeness (QED) is 0.795. The molecule has 1 amide bonds. The number of aryl methyl sites for hydroxylation is 1. The van der Waals surface area contributed by atoms with Crippen molar-refractivity contribution in [2.24, 2.45) is 0 Å². The number of hydrogen-bond acceptors (Lipinski definition) is 6. The van der Waals surface area contributed by atoms with Crippen molar-refractivity contribution >= 4 is 17.0 Å². The molecule has 0 saturated carbocycles. The zero-order valence-corrected chi connectivity index (χ0v) is 13.2. The molecular formula is C17H17N3O4. The Morgan fingerprint density at radius 1 is 1.33 bits per heavy atom. The number of furan rings is 1. The van der Waals surface area contributed by atoms with E-state index in [4.69, 9.17) is 13.7 Å². The lowest BCUT2D eigenvalue weighted by Gasteiger charge is -2.23. The van der Waals surface area contributed by atoms with Crippen molar-refractivity contribution in [3.05, 3.63) is 35.7 Å². The second-order valence-electron chi connectivity index (χ2n) is 5.84. The number of nitrogens with one attached hydrogen (secondary N) is 1. The molecule has 4 rings (SSSR count). The van der Waals surface area contributed by atoms with Gasteiger partial charge in [-0.3, -0.25) is 4.79 Å². The summed E-state index contributed by atoms with van der Waals surface area (Å²) in [5, 5.41) is 7.64. The van der Waals surface area contributed by atoms with Crippen LogP contribution in [0, 0.1) is 6.92 Å². The highest BCUT2D eigenvalue weighted by atomic mass is 16.5. The smallest absolute Gasteiger partial charge is 0.259 e. The Morgan fingerprint density at radius 2 is 2.17 bits per heavy atom. The molecule has 3 aromatic heterocycles. The summed E-state index contributed by atoms with van der Waals surface area (Å²) in [6, 6.07) is 5.40. The second kappa shape index (κ2) is 6.09. The number of carbonyl (C=O) groups is 1. The monoisotopic (exact) mass is 327 g/mol. The van der Waals surface area contributed by atoms with Gasteiger partial charge in [0.15, 0.2) is 5.76 Å². The van der Waals surface area contributed by atoms with E-state index in [1.165, 1.54) is 0 Å². The van der Waals surface area contributed by atoms with Crippen molar-refractivity contribution in [2.45, 2.75) is 25.8 Å². The molecule has 124 valence electrons. The third-order valence-electron chi connectivity index (χ3n) is 4.19. The number of hydrogen-bond donors (Lipinski definition) is 1. The summed E-state index contributed by atoms with van der Waals surface area (Å²) >= 11 is 0. The van der Waals surface area contributed by atoms with Crippen LogP contribution < -0.4 is 5.32 Å². The highest BCUT2D eigenvalue weighted by Gasteiger charge is 2.23. The number of amides is 1. The summed E-state index contributed by atoms with van der Waals surface area (Å²) in [5.74, 6) is 0.416. The fourth-order valence-electron chi connectivity index (χ4n) is 2.93. The number of aromatic nitrogens is 2. The average Bonchev–Trinajstić information content (AvgIpc) is 3.25. The maximum atomic E-state index is 12.8. The van der Waals surface area contributed by atoms with Crippen LogP contribution in [0.1, 0.15) is 28.9 Å². The molecule has 4 heterocycles. The van der Waals surface area contributed by atoms with Crippen LogP contribution in [0.2, 0.25) is 0 Å². The molecule has 0 unspecified atom stereocenters. The maximum absolute atomic E-state index is 12.8. The van der Waals surface area contributed by atoms with Crippen molar-refractivity contribution in [3.8, 4) is 11.5 Å². The summed E-state index contributed by atoms with van der Waals surface area (Å²) in [6.45, 7) is 3.13. The standard InChI is InChI=1S/C17H17N3O4/c1-10-15-12(16(21)18-11-4-7-22-8-5-11)9-13(14-3-2-6-23-14)19-17(15)24-20-10/h2-3,6,9,11H,4-5,7-8H2,1H3,(H,18,21). The van der Waals surface area contributed by atoms with Gasteiger partial charge in [-0.2, -0.15) is 0 Å². The number of carbonyl (C=O) groups excluding carboxylic acids is 1.